The second kappa shape index (κ2) is 12.9. The van der Waals surface area contributed by atoms with Crippen molar-refractivity contribution < 1.29 is 19.4 Å². The van der Waals surface area contributed by atoms with E-state index in [0.29, 0.717) is 50.3 Å². The average Bonchev–Trinajstić information content (AvgIpc) is 2.96. The summed E-state index contributed by atoms with van der Waals surface area (Å²) in [7, 11) is 5.34. The minimum Gasteiger partial charge on any atom is -0.491 e. The molecule has 1 saturated heterocycles. The number of rotatable bonds is 9. The summed E-state index contributed by atoms with van der Waals surface area (Å²) in [5.41, 5.74) is 0.856. The molecule has 2 heterocycles. The fourth-order valence-electron chi connectivity index (χ4n) is 5.01. The molecule has 2 fully saturated rings. The largest absolute Gasteiger partial charge is 0.491 e. The SMILES string of the molecule is CNCC(O)COc1cccc(-c2nc(N3CCN(C(=O)OC)CC3)cc(N(C)C3CCCCC3)n2)c1. The zero-order valence-corrected chi connectivity index (χ0v) is 22.2. The molecule has 1 aliphatic heterocycles. The summed E-state index contributed by atoms with van der Waals surface area (Å²) in [4.78, 5) is 28.1. The highest BCUT2D eigenvalue weighted by Gasteiger charge is 2.25. The highest BCUT2D eigenvalue weighted by atomic mass is 16.5. The molecule has 1 aromatic carbocycles. The molecule has 37 heavy (non-hydrogen) atoms. The zero-order chi connectivity index (χ0) is 26.2. The molecule has 4 rings (SSSR count). The summed E-state index contributed by atoms with van der Waals surface area (Å²) in [6.07, 6.45) is 5.24. The number of nitrogens with zero attached hydrogens (tertiary/aromatic N) is 5. The molecule has 2 N–H and O–H groups in total. The molecule has 1 aromatic heterocycles. The third-order valence-corrected chi connectivity index (χ3v) is 7.19. The first-order valence-corrected chi connectivity index (χ1v) is 13.2. The van der Waals surface area contributed by atoms with Crippen molar-refractivity contribution in [2.45, 2.75) is 44.2 Å². The fraction of sp³-hybridized carbons (Fsp3) is 0.593. The van der Waals surface area contributed by atoms with E-state index < -0.39 is 6.10 Å². The number of ether oxygens (including phenoxy) is 2. The predicted molar refractivity (Wildman–Crippen MR) is 144 cm³/mol. The van der Waals surface area contributed by atoms with Gasteiger partial charge in [0.1, 0.15) is 30.1 Å². The van der Waals surface area contributed by atoms with Crippen molar-refractivity contribution in [2.75, 3.05) is 70.3 Å². The summed E-state index contributed by atoms with van der Waals surface area (Å²) in [6.45, 7) is 3.17. The first-order chi connectivity index (χ1) is 18.0. The number of methoxy groups -OCH3 is 1. The van der Waals surface area contributed by atoms with Gasteiger partial charge in [0.25, 0.3) is 0 Å². The van der Waals surface area contributed by atoms with Gasteiger partial charge in [-0.15, -0.1) is 0 Å². The number of carbonyl (C=O) groups excluding carboxylic acids is 1. The normalized spacial score (nSPS) is 17.4. The van der Waals surface area contributed by atoms with E-state index in [2.05, 4.69) is 28.2 Å². The van der Waals surface area contributed by atoms with Crippen LogP contribution in [-0.4, -0.2) is 98.7 Å². The number of nitrogens with one attached hydrogen (secondary N) is 1. The van der Waals surface area contributed by atoms with Crippen molar-refractivity contribution in [3.63, 3.8) is 0 Å². The molecule has 1 atom stereocenters. The van der Waals surface area contributed by atoms with E-state index in [-0.39, 0.29) is 12.7 Å². The van der Waals surface area contributed by atoms with Crippen LogP contribution >= 0.6 is 0 Å². The van der Waals surface area contributed by atoms with Crippen LogP contribution in [0.1, 0.15) is 32.1 Å². The predicted octanol–water partition coefficient (Wildman–Crippen LogP) is 2.76. The summed E-state index contributed by atoms with van der Waals surface area (Å²) in [5, 5.41) is 13.0. The molecule has 10 nitrogen and oxygen atoms in total. The van der Waals surface area contributed by atoms with Gasteiger partial charge in [0.05, 0.1) is 7.11 Å². The average molecular weight is 513 g/mol. The van der Waals surface area contributed by atoms with Gasteiger partial charge in [-0.2, -0.15) is 0 Å². The van der Waals surface area contributed by atoms with Crippen LogP contribution in [0.2, 0.25) is 0 Å². The fourth-order valence-corrected chi connectivity index (χ4v) is 5.01. The van der Waals surface area contributed by atoms with E-state index in [1.807, 2.05) is 24.3 Å². The number of carbonyl (C=O) groups is 1. The minimum absolute atomic E-state index is 0.200. The topological polar surface area (TPSA) is 103 Å². The highest BCUT2D eigenvalue weighted by Crippen LogP contribution is 2.30. The lowest BCUT2D eigenvalue weighted by Crippen LogP contribution is -2.49. The van der Waals surface area contributed by atoms with Crippen LogP contribution < -0.4 is 19.9 Å². The first-order valence-electron chi connectivity index (χ1n) is 13.2. The summed E-state index contributed by atoms with van der Waals surface area (Å²) >= 11 is 0. The van der Waals surface area contributed by atoms with Crippen molar-refractivity contribution in [3.8, 4) is 17.1 Å². The van der Waals surface area contributed by atoms with E-state index in [1.165, 1.54) is 39.2 Å². The molecule has 10 heteroatoms. The Morgan fingerprint density at radius 2 is 1.92 bits per heavy atom. The Morgan fingerprint density at radius 1 is 1.16 bits per heavy atom. The number of aliphatic hydroxyl groups is 1. The van der Waals surface area contributed by atoms with Gasteiger partial charge in [0, 0.05) is 57.4 Å². The van der Waals surface area contributed by atoms with Crippen LogP contribution in [0.15, 0.2) is 30.3 Å². The molecule has 0 bridgehead atoms. The van der Waals surface area contributed by atoms with Gasteiger partial charge in [-0.05, 0) is 32.0 Å². The Morgan fingerprint density at radius 3 is 2.62 bits per heavy atom. The van der Waals surface area contributed by atoms with Gasteiger partial charge in [-0.25, -0.2) is 14.8 Å². The van der Waals surface area contributed by atoms with Crippen LogP contribution in [0.25, 0.3) is 11.4 Å². The lowest BCUT2D eigenvalue weighted by molar-refractivity contribution is 0.108. The maximum absolute atomic E-state index is 12.0. The summed E-state index contributed by atoms with van der Waals surface area (Å²) < 4.78 is 10.7. The monoisotopic (exact) mass is 512 g/mol. The molecule has 0 radical (unpaired) electrons. The van der Waals surface area contributed by atoms with Gasteiger partial charge in [0.15, 0.2) is 5.82 Å². The third-order valence-electron chi connectivity index (χ3n) is 7.19. The van der Waals surface area contributed by atoms with E-state index in [0.717, 1.165) is 17.2 Å². The van der Waals surface area contributed by atoms with Crippen molar-refractivity contribution in [1.29, 1.82) is 0 Å². The molecule has 1 saturated carbocycles. The van der Waals surface area contributed by atoms with E-state index in [1.54, 1.807) is 11.9 Å². The van der Waals surface area contributed by atoms with Crippen LogP contribution in [0, 0.1) is 0 Å². The van der Waals surface area contributed by atoms with Crippen LogP contribution in [0.5, 0.6) is 5.75 Å². The molecule has 0 spiro atoms. The number of hydrogen-bond donors (Lipinski definition) is 2. The van der Waals surface area contributed by atoms with Gasteiger partial charge in [-0.1, -0.05) is 31.4 Å². The van der Waals surface area contributed by atoms with Gasteiger partial charge < -0.3 is 34.6 Å². The molecule has 1 aliphatic carbocycles. The van der Waals surface area contributed by atoms with E-state index in [9.17, 15) is 9.90 Å². The maximum Gasteiger partial charge on any atom is 0.409 e. The van der Waals surface area contributed by atoms with Gasteiger partial charge >= 0.3 is 6.09 Å². The number of anilines is 2. The number of hydrogen-bond acceptors (Lipinski definition) is 9. The van der Waals surface area contributed by atoms with Crippen LogP contribution in [0.4, 0.5) is 16.4 Å². The lowest BCUT2D eigenvalue weighted by atomic mass is 9.94. The highest BCUT2D eigenvalue weighted by molar-refractivity contribution is 5.68. The number of aromatic nitrogens is 2. The second-order valence-corrected chi connectivity index (χ2v) is 9.81. The molecule has 2 aliphatic rings. The van der Waals surface area contributed by atoms with E-state index >= 15 is 0 Å². The lowest BCUT2D eigenvalue weighted by Gasteiger charge is -2.36. The molecular weight excluding hydrogens is 472 g/mol. The Balaban J connectivity index is 1.60. The number of benzene rings is 1. The second-order valence-electron chi connectivity index (χ2n) is 9.81. The Bertz CT molecular complexity index is 1020. The number of likely N-dealkylation sites (N-methyl/N-ethyl adjacent to an activating group) is 1. The Hall–Kier alpha value is -3.11. The summed E-state index contributed by atoms with van der Waals surface area (Å²) in [5.74, 6) is 3.04. The van der Waals surface area contributed by atoms with Gasteiger partial charge in [0.2, 0.25) is 0 Å². The number of aliphatic hydroxyl groups excluding tert-OH is 1. The number of amides is 1. The quantitative estimate of drug-likeness (QED) is 0.525. The van der Waals surface area contributed by atoms with Crippen LogP contribution in [0.3, 0.4) is 0 Å². The Kier molecular flexibility index (Phi) is 9.40. The number of piperazine rings is 1. The molecule has 2 aromatic rings. The van der Waals surface area contributed by atoms with Crippen molar-refractivity contribution in [2.24, 2.45) is 0 Å². The smallest absolute Gasteiger partial charge is 0.409 e. The molecule has 1 unspecified atom stereocenters. The minimum atomic E-state index is -0.590. The molecule has 1 amide bonds. The molecular formula is C27H40N6O4. The Labute approximate surface area is 219 Å². The van der Waals surface area contributed by atoms with Crippen molar-refractivity contribution in [1.82, 2.24) is 20.2 Å². The van der Waals surface area contributed by atoms with Crippen molar-refractivity contribution in [3.05, 3.63) is 30.3 Å². The van der Waals surface area contributed by atoms with Gasteiger partial charge in [-0.3, -0.25) is 0 Å². The standard InChI is InChI=1S/C27H40N6O4/c1-28-18-22(34)19-37-23-11-7-8-20(16-23)26-29-24(31(2)21-9-5-4-6-10-21)17-25(30-26)32-12-14-33(15-13-32)27(35)36-3/h7-8,11,16-17,21-22,28,34H,4-6,9-10,12-15,18-19H2,1-3H3. The first kappa shape index (κ1) is 26.9. The summed E-state index contributed by atoms with van der Waals surface area (Å²) in [6, 6.07) is 10.2. The third kappa shape index (κ3) is 7.01. The van der Waals surface area contributed by atoms with Crippen LogP contribution in [-0.2, 0) is 4.74 Å². The maximum atomic E-state index is 12.0. The van der Waals surface area contributed by atoms with E-state index in [4.69, 9.17) is 19.4 Å². The molecule has 202 valence electrons. The van der Waals surface area contributed by atoms with Crippen molar-refractivity contribution >= 4 is 17.7 Å². The zero-order valence-electron chi connectivity index (χ0n) is 22.2.